The molecule has 1 rings (SSSR count). The summed E-state index contributed by atoms with van der Waals surface area (Å²) in [6, 6.07) is 0. The van der Waals surface area contributed by atoms with E-state index in [4.69, 9.17) is 4.74 Å². The van der Waals surface area contributed by atoms with E-state index in [1.54, 1.807) is 0 Å². The predicted octanol–water partition coefficient (Wildman–Crippen LogP) is 1.75. The van der Waals surface area contributed by atoms with Crippen LogP contribution in [0.25, 0.3) is 0 Å². The van der Waals surface area contributed by atoms with Gasteiger partial charge in [-0.25, -0.2) is 0 Å². The molecule has 13 heavy (non-hydrogen) atoms. The van der Waals surface area contributed by atoms with E-state index in [1.165, 1.54) is 11.3 Å². The van der Waals surface area contributed by atoms with Crippen molar-refractivity contribution in [2.45, 2.75) is 20.5 Å². The molecule has 1 aromatic rings. The van der Waals surface area contributed by atoms with Crippen LogP contribution in [0.2, 0.25) is 0 Å². The number of hydrogen-bond donors (Lipinski definition) is 1. The molecule has 0 aliphatic heterocycles. The molecule has 0 saturated heterocycles. The molecular weight excluding hydrogens is 186 g/mol. The largest absolute Gasteiger partial charge is 0.374 e. The fourth-order valence-electron chi connectivity index (χ4n) is 0.795. The van der Waals surface area contributed by atoms with Crippen LogP contribution in [0.3, 0.4) is 0 Å². The predicted molar refractivity (Wildman–Crippen MR) is 53.9 cm³/mol. The number of anilines is 1. The lowest BCUT2D eigenvalue weighted by Crippen LogP contribution is -2.01. The van der Waals surface area contributed by atoms with Gasteiger partial charge in [0.05, 0.1) is 0 Å². The summed E-state index contributed by atoms with van der Waals surface area (Å²) in [5.74, 6) is 0.566. The Bertz CT molecular complexity index is 249. The number of hydrogen-bond acceptors (Lipinski definition) is 5. The zero-order valence-electron chi connectivity index (χ0n) is 8.20. The van der Waals surface area contributed by atoms with Crippen LogP contribution < -0.4 is 5.32 Å². The SMILES string of the molecule is CNc1nnc(COCC(C)C)s1. The number of rotatable bonds is 5. The first kappa shape index (κ1) is 10.4. The van der Waals surface area contributed by atoms with Gasteiger partial charge in [-0.1, -0.05) is 25.2 Å². The lowest BCUT2D eigenvalue weighted by atomic mass is 10.2. The molecule has 0 bridgehead atoms. The molecule has 1 heterocycles. The Morgan fingerprint density at radius 3 is 2.77 bits per heavy atom. The minimum atomic E-state index is 0.566. The average molecular weight is 201 g/mol. The standard InChI is InChI=1S/C8H15N3OS/c1-6(2)4-12-5-7-10-11-8(9-3)13-7/h6H,4-5H2,1-3H3,(H,9,11). The van der Waals surface area contributed by atoms with Gasteiger partial charge >= 0.3 is 0 Å². The highest BCUT2D eigenvalue weighted by Gasteiger charge is 2.02. The van der Waals surface area contributed by atoms with Gasteiger partial charge in [0.2, 0.25) is 5.13 Å². The Hall–Kier alpha value is -0.680. The van der Waals surface area contributed by atoms with Crippen molar-refractivity contribution in [2.24, 2.45) is 5.92 Å². The molecule has 1 aromatic heterocycles. The zero-order chi connectivity index (χ0) is 9.68. The van der Waals surface area contributed by atoms with E-state index in [0.29, 0.717) is 12.5 Å². The lowest BCUT2D eigenvalue weighted by Gasteiger charge is -2.03. The third-order valence-corrected chi connectivity index (χ3v) is 2.27. The monoisotopic (exact) mass is 201 g/mol. The summed E-state index contributed by atoms with van der Waals surface area (Å²) >= 11 is 1.53. The minimum absolute atomic E-state index is 0.566. The molecule has 0 radical (unpaired) electrons. The van der Waals surface area contributed by atoms with Crippen molar-refractivity contribution in [1.29, 1.82) is 0 Å². The maximum absolute atomic E-state index is 5.42. The highest BCUT2D eigenvalue weighted by Crippen LogP contribution is 2.14. The lowest BCUT2D eigenvalue weighted by molar-refractivity contribution is 0.0965. The first-order chi connectivity index (χ1) is 6.22. The van der Waals surface area contributed by atoms with E-state index >= 15 is 0 Å². The summed E-state index contributed by atoms with van der Waals surface area (Å²) in [6.07, 6.45) is 0. The van der Waals surface area contributed by atoms with Crippen LogP contribution >= 0.6 is 11.3 Å². The van der Waals surface area contributed by atoms with Crippen LogP contribution in [-0.2, 0) is 11.3 Å². The van der Waals surface area contributed by atoms with E-state index in [2.05, 4.69) is 29.4 Å². The number of nitrogens with zero attached hydrogens (tertiary/aromatic N) is 2. The van der Waals surface area contributed by atoms with E-state index in [1.807, 2.05) is 7.05 Å². The highest BCUT2D eigenvalue weighted by atomic mass is 32.1. The Kier molecular flexibility index (Phi) is 4.11. The Morgan fingerprint density at radius 1 is 1.46 bits per heavy atom. The summed E-state index contributed by atoms with van der Waals surface area (Å²) < 4.78 is 5.42. The van der Waals surface area contributed by atoms with E-state index in [9.17, 15) is 0 Å². The van der Waals surface area contributed by atoms with Crippen molar-refractivity contribution in [2.75, 3.05) is 19.0 Å². The molecule has 0 aliphatic carbocycles. The molecule has 0 fully saturated rings. The molecule has 1 N–H and O–H groups in total. The highest BCUT2D eigenvalue weighted by molar-refractivity contribution is 7.15. The van der Waals surface area contributed by atoms with Crippen LogP contribution in [0.4, 0.5) is 5.13 Å². The van der Waals surface area contributed by atoms with Gasteiger partial charge < -0.3 is 10.1 Å². The van der Waals surface area contributed by atoms with Gasteiger partial charge in [-0.3, -0.25) is 0 Å². The third-order valence-electron chi connectivity index (χ3n) is 1.36. The van der Waals surface area contributed by atoms with Crippen molar-refractivity contribution in [3.05, 3.63) is 5.01 Å². The van der Waals surface area contributed by atoms with Crippen LogP contribution in [-0.4, -0.2) is 23.9 Å². The normalized spacial score (nSPS) is 10.8. The fraction of sp³-hybridized carbons (Fsp3) is 0.750. The second-order valence-electron chi connectivity index (χ2n) is 3.16. The van der Waals surface area contributed by atoms with Crippen LogP contribution in [0, 0.1) is 5.92 Å². The Labute approximate surface area is 82.3 Å². The van der Waals surface area contributed by atoms with Crippen LogP contribution in [0.1, 0.15) is 18.9 Å². The van der Waals surface area contributed by atoms with E-state index in [-0.39, 0.29) is 0 Å². The van der Waals surface area contributed by atoms with E-state index in [0.717, 1.165) is 16.7 Å². The second kappa shape index (κ2) is 5.14. The molecule has 0 aromatic carbocycles. The summed E-state index contributed by atoms with van der Waals surface area (Å²) in [4.78, 5) is 0. The zero-order valence-corrected chi connectivity index (χ0v) is 9.02. The molecule has 0 unspecified atom stereocenters. The van der Waals surface area contributed by atoms with Gasteiger partial charge in [0.15, 0.2) is 0 Å². The summed E-state index contributed by atoms with van der Waals surface area (Å²) in [6.45, 7) is 5.59. The fourth-order valence-corrected chi connectivity index (χ4v) is 1.43. The van der Waals surface area contributed by atoms with Gasteiger partial charge in [-0.05, 0) is 5.92 Å². The molecule has 0 amide bonds. The summed E-state index contributed by atoms with van der Waals surface area (Å²) in [5.41, 5.74) is 0. The first-order valence-electron chi connectivity index (χ1n) is 4.30. The molecule has 74 valence electrons. The molecule has 0 atom stereocenters. The van der Waals surface area contributed by atoms with Crippen molar-refractivity contribution in [1.82, 2.24) is 10.2 Å². The number of ether oxygens (including phenoxy) is 1. The summed E-state index contributed by atoms with van der Waals surface area (Å²) in [7, 11) is 1.83. The average Bonchev–Trinajstić information content (AvgIpc) is 2.52. The van der Waals surface area contributed by atoms with Gasteiger partial charge in [-0.15, -0.1) is 10.2 Å². The molecule has 5 heteroatoms. The molecule has 0 spiro atoms. The van der Waals surface area contributed by atoms with E-state index < -0.39 is 0 Å². The smallest absolute Gasteiger partial charge is 0.205 e. The second-order valence-corrected chi connectivity index (χ2v) is 4.22. The van der Waals surface area contributed by atoms with Crippen molar-refractivity contribution in [3.63, 3.8) is 0 Å². The molecule has 0 saturated carbocycles. The van der Waals surface area contributed by atoms with Gasteiger partial charge in [0, 0.05) is 13.7 Å². The number of aromatic nitrogens is 2. The Balaban J connectivity index is 2.28. The third kappa shape index (κ3) is 3.69. The Morgan fingerprint density at radius 2 is 2.23 bits per heavy atom. The topological polar surface area (TPSA) is 47.0 Å². The quantitative estimate of drug-likeness (QED) is 0.788. The molecular formula is C8H15N3OS. The van der Waals surface area contributed by atoms with Crippen molar-refractivity contribution in [3.8, 4) is 0 Å². The minimum Gasteiger partial charge on any atom is -0.374 e. The van der Waals surface area contributed by atoms with Crippen molar-refractivity contribution >= 4 is 16.5 Å². The van der Waals surface area contributed by atoms with Gasteiger partial charge in [0.25, 0.3) is 0 Å². The van der Waals surface area contributed by atoms with Crippen LogP contribution in [0.15, 0.2) is 0 Å². The van der Waals surface area contributed by atoms with Gasteiger partial charge in [0.1, 0.15) is 11.6 Å². The molecule has 0 aliphatic rings. The van der Waals surface area contributed by atoms with Crippen molar-refractivity contribution < 1.29 is 4.74 Å². The van der Waals surface area contributed by atoms with Gasteiger partial charge in [-0.2, -0.15) is 0 Å². The number of nitrogens with one attached hydrogen (secondary N) is 1. The molecule has 4 nitrogen and oxygen atoms in total. The maximum atomic E-state index is 5.42. The summed E-state index contributed by atoms with van der Waals surface area (Å²) in [5, 5.41) is 12.6. The van der Waals surface area contributed by atoms with Crippen LogP contribution in [0.5, 0.6) is 0 Å². The maximum Gasteiger partial charge on any atom is 0.205 e. The first-order valence-corrected chi connectivity index (χ1v) is 5.12.